The molecule has 1 aromatic carbocycles. The van der Waals surface area contributed by atoms with Gasteiger partial charge in [-0.2, -0.15) is 0 Å². The molecule has 1 aromatic rings. The topological polar surface area (TPSA) is 42.0 Å². The quantitative estimate of drug-likeness (QED) is 0.822. The fourth-order valence-corrected chi connectivity index (χ4v) is 4.19. The zero-order chi connectivity index (χ0) is 17.0. The number of nitrogens with zero attached hydrogens (tertiary/aromatic N) is 2. The normalized spacial score (nSPS) is 20.2. The monoisotopic (exact) mass is 332 g/mol. The van der Waals surface area contributed by atoms with Crippen LogP contribution >= 0.6 is 0 Å². The fraction of sp³-hybridized carbons (Fsp3) is 0.632. The molecule has 3 rings (SSSR count). The van der Waals surface area contributed by atoms with Gasteiger partial charge in [0.05, 0.1) is 6.61 Å². The first-order chi connectivity index (χ1) is 11.7. The first-order valence-electron chi connectivity index (χ1n) is 8.75. The van der Waals surface area contributed by atoms with Crippen molar-refractivity contribution < 1.29 is 14.3 Å². The molecule has 0 unspecified atom stereocenters. The Morgan fingerprint density at radius 3 is 2.62 bits per heavy atom. The average molecular weight is 332 g/mol. The van der Waals surface area contributed by atoms with E-state index in [1.54, 1.807) is 14.2 Å². The van der Waals surface area contributed by atoms with Crippen LogP contribution in [-0.2, 0) is 26.2 Å². The van der Waals surface area contributed by atoms with E-state index < -0.39 is 0 Å². The second-order valence-electron chi connectivity index (χ2n) is 6.95. The molecule has 1 spiro atoms. The highest BCUT2D eigenvalue weighted by Gasteiger charge is 2.42. The van der Waals surface area contributed by atoms with E-state index in [4.69, 9.17) is 9.47 Å². The fourth-order valence-electron chi connectivity index (χ4n) is 4.19. The molecule has 0 bridgehead atoms. The number of benzene rings is 1. The number of rotatable bonds is 5. The van der Waals surface area contributed by atoms with Crippen LogP contribution in [0.3, 0.4) is 0 Å². The Balaban J connectivity index is 1.77. The molecule has 2 heterocycles. The van der Waals surface area contributed by atoms with E-state index >= 15 is 0 Å². The molecule has 1 saturated heterocycles. The number of methoxy groups -OCH3 is 2. The van der Waals surface area contributed by atoms with Gasteiger partial charge in [-0.3, -0.25) is 9.69 Å². The SMILES string of the molecule is COCCN1Cc2ccccc2C2(CCN(C(=O)COC)CC2)C1. The lowest BCUT2D eigenvalue weighted by Crippen LogP contribution is -2.53. The molecular formula is C19H28N2O3. The minimum absolute atomic E-state index is 0.104. The maximum atomic E-state index is 12.1. The van der Waals surface area contributed by atoms with Gasteiger partial charge >= 0.3 is 0 Å². The Morgan fingerprint density at radius 1 is 1.17 bits per heavy atom. The van der Waals surface area contributed by atoms with Crippen molar-refractivity contribution in [1.82, 2.24) is 9.80 Å². The van der Waals surface area contributed by atoms with Crippen LogP contribution in [0, 0.1) is 0 Å². The molecule has 0 saturated carbocycles. The Hall–Kier alpha value is -1.43. The standard InChI is InChI=1S/C19H28N2O3/c1-23-12-11-20-13-16-5-3-4-6-17(16)19(15-20)7-9-21(10-8-19)18(22)14-24-2/h3-6H,7-15H2,1-2H3. The van der Waals surface area contributed by atoms with E-state index in [2.05, 4.69) is 29.2 Å². The number of piperidine rings is 1. The number of likely N-dealkylation sites (tertiary alicyclic amines) is 1. The van der Waals surface area contributed by atoms with Gasteiger partial charge in [-0.25, -0.2) is 0 Å². The van der Waals surface area contributed by atoms with Crippen LogP contribution in [0.25, 0.3) is 0 Å². The van der Waals surface area contributed by atoms with Crippen LogP contribution in [0.2, 0.25) is 0 Å². The molecule has 2 aliphatic heterocycles. The zero-order valence-electron chi connectivity index (χ0n) is 14.8. The van der Waals surface area contributed by atoms with Crippen molar-refractivity contribution in [3.05, 3.63) is 35.4 Å². The first kappa shape index (κ1) is 17.4. The van der Waals surface area contributed by atoms with Crippen molar-refractivity contribution in [1.29, 1.82) is 0 Å². The lowest BCUT2D eigenvalue weighted by Gasteiger charge is -2.48. The van der Waals surface area contributed by atoms with Crippen molar-refractivity contribution in [2.75, 3.05) is 53.6 Å². The third-order valence-electron chi connectivity index (χ3n) is 5.46. The molecule has 132 valence electrons. The van der Waals surface area contributed by atoms with E-state index in [-0.39, 0.29) is 17.9 Å². The van der Waals surface area contributed by atoms with Crippen molar-refractivity contribution in [3.63, 3.8) is 0 Å². The summed E-state index contributed by atoms with van der Waals surface area (Å²) in [7, 11) is 3.34. The van der Waals surface area contributed by atoms with Gasteiger partial charge in [-0.05, 0) is 24.0 Å². The van der Waals surface area contributed by atoms with Crippen LogP contribution in [0.1, 0.15) is 24.0 Å². The van der Waals surface area contributed by atoms with E-state index in [0.29, 0.717) is 0 Å². The van der Waals surface area contributed by atoms with Gasteiger partial charge < -0.3 is 14.4 Å². The molecule has 0 aromatic heterocycles. The maximum Gasteiger partial charge on any atom is 0.248 e. The van der Waals surface area contributed by atoms with Crippen LogP contribution in [-0.4, -0.2) is 69.3 Å². The highest BCUT2D eigenvalue weighted by atomic mass is 16.5. The van der Waals surface area contributed by atoms with Gasteiger partial charge in [-0.15, -0.1) is 0 Å². The van der Waals surface area contributed by atoms with E-state index in [1.807, 2.05) is 4.90 Å². The van der Waals surface area contributed by atoms with Gasteiger partial charge in [0.1, 0.15) is 6.61 Å². The third-order valence-corrected chi connectivity index (χ3v) is 5.46. The first-order valence-corrected chi connectivity index (χ1v) is 8.75. The molecule has 0 aliphatic carbocycles. The van der Waals surface area contributed by atoms with Gasteiger partial charge in [-0.1, -0.05) is 24.3 Å². The Kier molecular flexibility index (Phi) is 5.54. The summed E-state index contributed by atoms with van der Waals surface area (Å²) in [6, 6.07) is 8.81. The second kappa shape index (κ2) is 7.64. The van der Waals surface area contributed by atoms with E-state index in [9.17, 15) is 4.79 Å². The summed E-state index contributed by atoms with van der Waals surface area (Å²) in [5.74, 6) is 0.104. The molecule has 0 radical (unpaired) electrons. The van der Waals surface area contributed by atoms with Crippen LogP contribution in [0.5, 0.6) is 0 Å². The largest absolute Gasteiger partial charge is 0.383 e. The van der Waals surface area contributed by atoms with Crippen LogP contribution in [0.15, 0.2) is 24.3 Å². The molecule has 5 nitrogen and oxygen atoms in total. The lowest BCUT2D eigenvalue weighted by molar-refractivity contribution is -0.137. The number of carbonyl (C=O) groups excluding carboxylic acids is 1. The summed E-state index contributed by atoms with van der Waals surface area (Å²) in [6.07, 6.45) is 2.03. The molecular weight excluding hydrogens is 304 g/mol. The Morgan fingerprint density at radius 2 is 1.92 bits per heavy atom. The Bertz CT molecular complexity index is 567. The van der Waals surface area contributed by atoms with Crippen molar-refractivity contribution in [3.8, 4) is 0 Å². The summed E-state index contributed by atoms with van der Waals surface area (Å²) in [5.41, 5.74) is 3.07. The van der Waals surface area contributed by atoms with Crippen molar-refractivity contribution in [2.24, 2.45) is 0 Å². The number of hydrogen-bond acceptors (Lipinski definition) is 4. The maximum absolute atomic E-state index is 12.1. The number of hydrogen-bond donors (Lipinski definition) is 0. The van der Waals surface area contributed by atoms with Crippen LogP contribution in [0.4, 0.5) is 0 Å². The molecule has 24 heavy (non-hydrogen) atoms. The summed E-state index contributed by atoms with van der Waals surface area (Å²) in [6.45, 7) is 5.58. The van der Waals surface area contributed by atoms with Gasteiger partial charge in [0.2, 0.25) is 5.91 Å². The van der Waals surface area contributed by atoms with Crippen molar-refractivity contribution >= 4 is 5.91 Å². The van der Waals surface area contributed by atoms with E-state index in [0.717, 1.165) is 52.2 Å². The number of fused-ring (bicyclic) bond motifs is 2. The van der Waals surface area contributed by atoms with Gasteiger partial charge in [0, 0.05) is 52.4 Å². The predicted molar refractivity (Wildman–Crippen MR) is 93.0 cm³/mol. The summed E-state index contributed by atoms with van der Waals surface area (Å²) in [5, 5.41) is 0. The molecule has 1 amide bonds. The van der Waals surface area contributed by atoms with Gasteiger partial charge in [0.25, 0.3) is 0 Å². The van der Waals surface area contributed by atoms with Crippen molar-refractivity contribution in [2.45, 2.75) is 24.8 Å². The third kappa shape index (κ3) is 3.48. The van der Waals surface area contributed by atoms with E-state index in [1.165, 1.54) is 11.1 Å². The summed E-state index contributed by atoms with van der Waals surface area (Å²) >= 11 is 0. The highest BCUT2D eigenvalue weighted by molar-refractivity contribution is 5.77. The number of carbonyl (C=O) groups is 1. The highest BCUT2D eigenvalue weighted by Crippen LogP contribution is 2.41. The molecule has 0 N–H and O–H groups in total. The smallest absolute Gasteiger partial charge is 0.248 e. The molecule has 5 heteroatoms. The second-order valence-corrected chi connectivity index (χ2v) is 6.95. The predicted octanol–water partition coefficient (Wildman–Crippen LogP) is 1.66. The molecule has 0 atom stereocenters. The zero-order valence-corrected chi connectivity index (χ0v) is 14.8. The summed E-state index contributed by atoms with van der Waals surface area (Å²) < 4.78 is 10.3. The summed E-state index contributed by atoms with van der Waals surface area (Å²) in [4.78, 5) is 16.5. The number of ether oxygens (including phenoxy) is 2. The number of amides is 1. The molecule has 2 aliphatic rings. The minimum Gasteiger partial charge on any atom is -0.383 e. The Labute approximate surface area is 144 Å². The lowest BCUT2D eigenvalue weighted by atomic mass is 9.69. The average Bonchev–Trinajstić information content (AvgIpc) is 2.61. The van der Waals surface area contributed by atoms with Gasteiger partial charge in [0.15, 0.2) is 0 Å². The molecule has 1 fully saturated rings. The van der Waals surface area contributed by atoms with Crippen LogP contribution < -0.4 is 0 Å². The minimum atomic E-state index is 0.104.